The quantitative estimate of drug-likeness (QED) is 0.601. The number of nitrogens with one attached hydrogen (secondary N) is 1. The van der Waals surface area contributed by atoms with Gasteiger partial charge in [0.1, 0.15) is 18.0 Å². The zero-order chi connectivity index (χ0) is 23.4. The zero-order valence-electron chi connectivity index (χ0n) is 17.5. The van der Waals surface area contributed by atoms with Gasteiger partial charge in [0.05, 0.1) is 33.1 Å². The number of nitrogens with zero attached hydrogens (tertiary/aromatic N) is 3. The molecule has 3 heterocycles. The van der Waals surface area contributed by atoms with Gasteiger partial charge in [-0.2, -0.15) is 10.3 Å². The van der Waals surface area contributed by atoms with Crippen LogP contribution in [0.2, 0.25) is 9.36 Å². The molecule has 0 saturated carbocycles. The summed E-state index contributed by atoms with van der Waals surface area (Å²) in [6.45, 7) is 1.72. The Labute approximate surface area is 204 Å². The lowest BCUT2D eigenvalue weighted by atomic mass is 9.88. The van der Waals surface area contributed by atoms with E-state index in [9.17, 15) is 9.59 Å². The minimum Gasteiger partial charge on any atom is -0.378 e. The van der Waals surface area contributed by atoms with E-state index in [1.165, 1.54) is 0 Å². The van der Waals surface area contributed by atoms with E-state index in [-0.39, 0.29) is 31.3 Å². The number of morpholine rings is 1. The molecule has 2 aliphatic heterocycles. The van der Waals surface area contributed by atoms with Crippen LogP contribution in [0.15, 0.2) is 35.3 Å². The first-order chi connectivity index (χ1) is 15.9. The molecule has 1 N–H and O–H groups in total. The molecule has 1 aromatic carbocycles. The lowest BCUT2D eigenvalue weighted by Crippen LogP contribution is -2.55. The smallest absolute Gasteiger partial charge is 0.262 e. The first-order valence-electron chi connectivity index (χ1n) is 10.2. The highest BCUT2D eigenvalue weighted by Gasteiger charge is 2.43. The molecule has 2 saturated heterocycles. The van der Waals surface area contributed by atoms with Gasteiger partial charge in [-0.05, 0) is 29.8 Å². The minimum absolute atomic E-state index is 0.0804. The number of halogens is 2. The Morgan fingerprint density at radius 2 is 2.09 bits per heavy atom. The molecular formula is C22H20Cl2N4O4S. The van der Waals surface area contributed by atoms with Crippen molar-refractivity contribution in [2.45, 2.75) is 18.4 Å². The summed E-state index contributed by atoms with van der Waals surface area (Å²) >= 11 is 13.6. The lowest BCUT2D eigenvalue weighted by molar-refractivity contribution is -0.124. The fourth-order valence-corrected chi connectivity index (χ4v) is 5.08. The first kappa shape index (κ1) is 23.7. The van der Waals surface area contributed by atoms with Crippen molar-refractivity contribution in [3.8, 4) is 6.19 Å². The summed E-state index contributed by atoms with van der Waals surface area (Å²) in [5, 5.41) is 12.2. The molecule has 2 fully saturated rings. The van der Waals surface area contributed by atoms with Gasteiger partial charge in [-0.1, -0.05) is 29.3 Å². The van der Waals surface area contributed by atoms with Crippen molar-refractivity contribution in [3.05, 3.63) is 50.1 Å². The Hall–Kier alpha value is -2.48. The summed E-state index contributed by atoms with van der Waals surface area (Å²) < 4.78 is 11.3. The second-order valence-corrected chi connectivity index (χ2v) is 9.78. The monoisotopic (exact) mass is 506 g/mol. The van der Waals surface area contributed by atoms with Crippen LogP contribution in [0.5, 0.6) is 0 Å². The van der Waals surface area contributed by atoms with Crippen molar-refractivity contribution in [1.82, 2.24) is 5.32 Å². The molecule has 11 heteroatoms. The summed E-state index contributed by atoms with van der Waals surface area (Å²) in [5.41, 5.74) is 0.294. The fourth-order valence-electron chi connectivity index (χ4n) is 3.84. The van der Waals surface area contributed by atoms with E-state index in [0.717, 1.165) is 11.3 Å². The van der Waals surface area contributed by atoms with Crippen molar-refractivity contribution in [1.29, 1.82) is 5.26 Å². The topological polar surface area (TPSA) is 104 Å². The van der Waals surface area contributed by atoms with Crippen LogP contribution < -0.4 is 10.2 Å². The number of amidine groups is 1. The number of thiophene rings is 1. The highest BCUT2D eigenvalue weighted by atomic mass is 35.5. The summed E-state index contributed by atoms with van der Waals surface area (Å²) in [4.78, 5) is 32.1. The van der Waals surface area contributed by atoms with Gasteiger partial charge in [-0.3, -0.25) is 9.59 Å². The van der Waals surface area contributed by atoms with E-state index in [4.69, 9.17) is 37.9 Å². The van der Waals surface area contributed by atoms with Crippen molar-refractivity contribution < 1.29 is 19.1 Å². The van der Waals surface area contributed by atoms with Crippen LogP contribution in [0, 0.1) is 11.5 Å². The van der Waals surface area contributed by atoms with Crippen LogP contribution in [0.4, 0.5) is 5.69 Å². The SMILES string of the molecule is N#CN=C1COCCN1c1ccc(CC(=O)[C@@]2(NC(=O)c3ccc(Cl)s3)CCOC2)cc1Cl. The Morgan fingerprint density at radius 3 is 2.76 bits per heavy atom. The summed E-state index contributed by atoms with van der Waals surface area (Å²) in [7, 11) is 0. The van der Waals surface area contributed by atoms with Crippen LogP contribution in [-0.4, -0.2) is 56.0 Å². The molecule has 0 radical (unpaired) electrons. The number of ether oxygens (including phenoxy) is 2. The van der Waals surface area contributed by atoms with Gasteiger partial charge >= 0.3 is 0 Å². The largest absolute Gasteiger partial charge is 0.378 e. The molecule has 172 valence electrons. The number of Topliss-reactive ketones (excluding diaryl/α,β-unsaturated/α-hetero) is 1. The maximum Gasteiger partial charge on any atom is 0.262 e. The molecule has 1 aromatic heterocycles. The maximum atomic E-state index is 13.3. The van der Waals surface area contributed by atoms with Crippen molar-refractivity contribution in [3.63, 3.8) is 0 Å². The number of nitriles is 1. The average Bonchev–Trinajstić information content (AvgIpc) is 3.45. The third-order valence-corrected chi connectivity index (χ3v) is 7.09. The number of hydrogen-bond acceptors (Lipinski definition) is 7. The molecule has 2 aliphatic rings. The second kappa shape index (κ2) is 10.2. The van der Waals surface area contributed by atoms with Gasteiger partial charge in [-0.25, -0.2) is 0 Å². The molecule has 8 nitrogen and oxygen atoms in total. The van der Waals surface area contributed by atoms with E-state index >= 15 is 0 Å². The summed E-state index contributed by atoms with van der Waals surface area (Å²) in [5.74, 6) is -0.0263. The number of anilines is 1. The van der Waals surface area contributed by atoms with Crippen LogP contribution >= 0.6 is 34.5 Å². The Morgan fingerprint density at radius 1 is 1.24 bits per heavy atom. The van der Waals surface area contributed by atoms with E-state index in [1.54, 1.807) is 30.5 Å². The van der Waals surface area contributed by atoms with Crippen LogP contribution in [0.1, 0.15) is 21.7 Å². The molecule has 1 atom stereocenters. The fraction of sp³-hybridized carbons (Fsp3) is 0.364. The maximum absolute atomic E-state index is 13.3. The summed E-state index contributed by atoms with van der Waals surface area (Å²) in [6, 6.07) is 8.60. The van der Waals surface area contributed by atoms with E-state index in [0.29, 0.717) is 57.5 Å². The van der Waals surface area contributed by atoms with Crippen molar-refractivity contribution >= 4 is 57.8 Å². The number of carbonyl (C=O) groups is 2. The Bertz CT molecular complexity index is 1140. The zero-order valence-corrected chi connectivity index (χ0v) is 19.8. The van der Waals surface area contributed by atoms with E-state index in [1.807, 2.05) is 11.0 Å². The highest BCUT2D eigenvalue weighted by molar-refractivity contribution is 7.18. The molecule has 2 aromatic rings. The van der Waals surface area contributed by atoms with Gasteiger partial charge in [0.25, 0.3) is 5.91 Å². The number of aliphatic imine (C=N–C) groups is 1. The lowest BCUT2D eigenvalue weighted by Gasteiger charge is -2.30. The number of hydrogen-bond donors (Lipinski definition) is 1. The summed E-state index contributed by atoms with van der Waals surface area (Å²) in [6.07, 6.45) is 2.26. The molecule has 4 rings (SSSR count). The van der Waals surface area contributed by atoms with Crippen molar-refractivity contribution in [2.24, 2.45) is 4.99 Å². The number of benzene rings is 1. The van der Waals surface area contributed by atoms with Crippen LogP contribution in [0.3, 0.4) is 0 Å². The van der Waals surface area contributed by atoms with Crippen LogP contribution in [-0.2, 0) is 20.7 Å². The number of ketones is 1. The van der Waals surface area contributed by atoms with Crippen molar-refractivity contribution in [2.75, 3.05) is 37.9 Å². The molecule has 0 spiro atoms. The van der Waals surface area contributed by atoms with Gasteiger partial charge in [0.2, 0.25) is 6.19 Å². The third-order valence-electron chi connectivity index (χ3n) is 5.55. The predicted octanol–water partition coefficient (Wildman–Crippen LogP) is 3.47. The van der Waals surface area contributed by atoms with Gasteiger partial charge in [0, 0.05) is 26.0 Å². The molecule has 1 amide bonds. The van der Waals surface area contributed by atoms with Gasteiger partial charge in [0.15, 0.2) is 5.78 Å². The van der Waals surface area contributed by atoms with Crippen LogP contribution in [0.25, 0.3) is 0 Å². The molecule has 0 bridgehead atoms. The molecule has 0 aliphatic carbocycles. The number of rotatable bonds is 6. The Kier molecular flexibility index (Phi) is 7.32. The second-order valence-electron chi connectivity index (χ2n) is 7.66. The van der Waals surface area contributed by atoms with Gasteiger partial charge < -0.3 is 19.7 Å². The molecule has 0 unspecified atom stereocenters. The van der Waals surface area contributed by atoms with E-state index < -0.39 is 5.54 Å². The van der Waals surface area contributed by atoms with E-state index in [2.05, 4.69) is 10.3 Å². The number of carbonyl (C=O) groups excluding carboxylic acids is 2. The average molecular weight is 507 g/mol. The number of amides is 1. The standard InChI is InChI=1S/C22H20Cl2N4O4S/c23-15-9-14(1-2-16(15)28-6-8-31-11-20(28)26-13-25)10-18(29)22(5-7-32-12-22)27-21(30)17-3-4-19(24)33-17/h1-4,9H,5-8,10-12H2,(H,27,30)/t22-/m1/s1. The molecular weight excluding hydrogens is 487 g/mol. The predicted molar refractivity (Wildman–Crippen MR) is 126 cm³/mol. The Balaban J connectivity index is 1.51. The third kappa shape index (κ3) is 5.21. The highest BCUT2D eigenvalue weighted by Crippen LogP contribution is 2.30. The normalized spacial score (nSPS) is 21.7. The minimum atomic E-state index is -1.10. The first-order valence-corrected chi connectivity index (χ1v) is 11.8. The van der Waals surface area contributed by atoms with Gasteiger partial charge in [-0.15, -0.1) is 11.3 Å². The molecule has 33 heavy (non-hydrogen) atoms.